The van der Waals surface area contributed by atoms with E-state index in [1.807, 2.05) is 13.8 Å². The van der Waals surface area contributed by atoms with Gasteiger partial charge >= 0.3 is 0 Å². The lowest BCUT2D eigenvalue weighted by atomic mass is 9.96. The van der Waals surface area contributed by atoms with Gasteiger partial charge in [-0.1, -0.05) is 15.9 Å². The summed E-state index contributed by atoms with van der Waals surface area (Å²) in [7, 11) is 0. The van der Waals surface area contributed by atoms with E-state index in [0.29, 0.717) is 17.0 Å². The summed E-state index contributed by atoms with van der Waals surface area (Å²) >= 11 is 3.52. The monoisotopic (exact) mass is 236 g/mol. The summed E-state index contributed by atoms with van der Waals surface area (Å²) in [6.45, 7) is 5.54. The molecule has 1 aliphatic rings. The molecule has 1 aliphatic carbocycles. The molecule has 72 valence electrons. The summed E-state index contributed by atoms with van der Waals surface area (Å²) in [5.41, 5.74) is 0. The van der Waals surface area contributed by atoms with Crippen LogP contribution in [-0.4, -0.2) is 30.2 Å². The van der Waals surface area contributed by atoms with Crippen molar-refractivity contribution < 1.29 is 9.47 Å². The minimum absolute atomic E-state index is 0.318. The van der Waals surface area contributed by atoms with Crippen LogP contribution in [-0.2, 0) is 9.47 Å². The number of hydrogen-bond donors (Lipinski definition) is 0. The highest BCUT2D eigenvalue weighted by atomic mass is 79.9. The first-order valence-corrected chi connectivity index (χ1v) is 5.47. The van der Waals surface area contributed by atoms with Gasteiger partial charge in [0.1, 0.15) is 0 Å². The first kappa shape index (κ1) is 10.5. The molecule has 2 nitrogen and oxygen atoms in total. The molecule has 0 aromatic carbocycles. The van der Waals surface area contributed by atoms with Crippen LogP contribution in [0.1, 0.15) is 26.7 Å². The van der Waals surface area contributed by atoms with E-state index < -0.39 is 0 Å². The molecular formula is C9H17BrO2. The lowest BCUT2D eigenvalue weighted by molar-refractivity contribution is -0.0366. The molecule has 3 heteroatoms. The predicted molar refractivity (Wildman–Crippen MR) is 52.8 cm³/mol. The molecule has 1 rings (SSSR count). The highest BCUT2D eigenvalue weighted by Crippen LogP contribution is 2.29. The summed E-state index contributed by atoms with van der Waals surface area (Å²) in [6.07, 6.45) is 3.10. The second kappa shape index (κ2) is 5.20. The van der Waals surface area contributed by atoms with Crippen molar-refractivity contribution in [2.24, 2.45) is 0 Å². The Hall–Kier alpha value is 0.400. The van der Waals surface area contributed by atoms with E-state index in [0.717, 1.165) is 26.1 Å². The van der Waals surface area contributed by atoms with Crippen molar-refractivity contribution >= 4 is 15.9 Å². The number of alkyl halides is 1. The first-order valence-electron chi connectivity index (χ1n) is 4.55. The van der Waals surface area contributed by atoms with Crippen LogP contribution in [0.4, 0.5) is 0 Å². The van der Waals surface area contributed by atoms with Crippen LogP contribution in [0.3, 0.4) is 0 Å². The van der Waals surface area contributed by atoms with Crippen LogP contribution < -0.4 is 0 Å². The average Bonchev–Trinajstić information content (AvgIpc) is 1.93. The molecule has 12 heavy (non-hydrogen) atoms. The van der Waals surface area contributed by atoms with Crippen molar-refractivity contribution in [1.82, 2.24) is 0 Å². The Balaban J connectivity index is 1.83. The summed E-state index contributed by atoms with van der Waals surface area (Å²) in [4.78, 5) is 0.688. The fourth-order valence-electron chi connectivity index (χ4n) is 1.14. The molecule has 0 atom stereocenters. The molecule has 0 N–H and O–H groups in total. The summed E-state index contributed by atoms with van der Waals surface area (Å²) in [5.74, 6) is 0. The highest BCUT2D eigenvalue weighted by Gasteiger charge is 2.27. The third kappa shape index (κ3) is 3.87. The molecule has 0 amide bonds. The molecule has 1 fully saturated rings. The fraction of sp³-hybridized carbons (Fsp3) is 1.00. The number of hydrogen-bond acceptors (Lipinski definition) is 2. The largest absolute Gasteiger partial charge is 0.376 e. The van der Waals surface area contributed by atoms with E-state index in [4.69, 9.17) is 9.47 Å². The maximum absolute atomic E-state index is 5.54. The molecule has 0 aromatic heterocycles. The van der Waals surface area contributed by atoms with E-state index in [-0.39, 0.29) is 0 Å². The minimum Gasteiger partial charge on any atom is -0.376 e. The van der Waals surface area contributed by atoms with Gasteiger partial charge in [-0.25, -0.2) is 0 Å². The van der Waals surface area contributed by atoms with E-state index in [1.54, 1.807) is 0 Å². The van der Waals surface area contributed by atoms with Crippen molar-refractivity contribution in [2.75, 3.05) is 13.2 Å². The zero-order chi connectivity index (χ0) is 8.97. The summed E-state index contributed by atoms with van der Waals surface area (Å²) in [5, 5.41) is 0. The number of ether oxygens (including phenoxy) is 2. The maximum Gasteiger partial charge on any atom is 0.0704 e. The van der Waals surface area contributed by atoms with Crippen LogP contribution >= 0.6 is 15.9 Å². The first-order chi connectivity index (χ1) is 5.68. The van der Waals surface area contributed by atoms with Crippen molar-refractivity contribution in [3.05, 3.63) is 0 Å². The van der Waals surface area contributed by atoms with Gasteiger partial charge in [0.2, 0.25) is 0 Å². The van der Waals surface area contributed by atoms with E-state index >= 15 is 0 Å². The van der Waals surface area contributed by atoms with Gasteiger partial charge in [0, 0.05) is 4.83 Å². The quantitative estimate of drug-likeness (QED) is 0.539. The van der Waals surface area contributed by atoms with Gasteiger partial charge in [-0.3, -0.25) is 0 Å². The molecule has 0 saturated heterocycles. The standard InChI is InChI=1S/C9H17BrO2/c1-7(2)11-3-4-12-9-5-8(10)6-9/h7-9H,3-6H2,1-2H3. The van der Waals surface area contributed by atoms with Crippen LogP contribution in [0.25, 0.3) is 0 Å². The molecule has 0 radical (unpaired) electrons. The molecule has 0 aliphatic heterocycles. The second-order valence-electron chi connectivity index (χ2n) is 3.48. The van der Waals surface area contributed by atoms with Crippen LogP contribution in [0, 0.1) is 0 Å². The lowest BCUT2D eigenvalue weighted by Gasteiger charge is -2.31. The second-order valence-corrected chi connectivity index (χ2v) is 4.78. The van der Waals surface area contributed by atoms with E-state index in [9.17, 15) is 0 Å². The van der Waals surface area contributed by atoms with Gasteiger partial charge < -0.3 is 9.47 Å². The smallest absolute Gasteiger partial charge is 0.0704 e. The van der Waals surface area contributed by atoms with Gasteiger partial charge in [-0.2, -0.15) is 0 Å². The van der Waals surface area contributed by atoms with Crippen molar-refractivity contribution in [2.45, 2.75) is 43.7 Å². The summed E-state index contributed by atoms with van der Waals surface area (Å²) < 4.78 is 10.9. The molecule has 0 heterocycles. The maximum atomic E-state index is 5.54. The Labute approximate surface area is 82.7 Å². The Bertz CT molecular complexity index is 122. The van der Waals surface area contributed by atoms with E-state index in [1.165, 1.54) is 0 Å². The Morgan fingerprint density at radius 3 is 2.50 bits per heavy atom. The zero-order valence-corrected chi connectivity index (χ0v) is 9.34. The Kier molecular flexibility index (Phi) is 4.54. The van der Waals surface area contributed by atoms with Crippen molar-refractivity contribution in [3.63, 3.8) is 0 Å². The average molecular weight is 237 g/mol. The van der Waals surface area contributed by atoms with Crippen LogP contribution in [0.15, 0.2) is 0 Å². The summed E-state index contributed by atoms with van der Waals surface area (Å²) in [6, 6.07) is 0. The third-order valence-corrected chi connectivity index (χ3v) is 2.67. The molecule has 0 aromatic rings. The van der Waals surface area contributed by atoms with Gasteiger partial charge in [0.15, 0.2) is 0 Å². The Morgan fingerprint density at radius 2 is 2.00 bits per heavy atom. The fourth-order valence-corrected chi connectivity index (χ4v) is 1.97. The molecule has 0 spiro atoms. The lowest BCUT2D eigenvalue weighted by Crippen LogP contribution is -2.32. The van der Waals surface area contributed by atoms with Gasteiger partial charge in [-0.05, 0) is 26.7 Å². The molecular weight excluding hydrogens is 220 g/mol. The normalized spacial score (nSPS) is 29.0. The molecule has 1 saturated carbocycles. The minimum atomic E-state index is 0.318. The predicted octanol–water partition coefficient (Wildman–Crippen LogP) is 2.35. The number of rotatable bonds is 5. The third-order valence-electron chi connectivity index (χ3n) is 1.93. The van der Waals surface area contributed by atoms with Gasteiger partial charge in [0.05, 0.1) is 25.4 Å². The van der Waals surface area contributed by atoms with Crippen LogP contribution in [0.2, 0.25) is 0 Å². The number of halogens is 1. The van der Waals surface area contributed by atoms with Crippen molar-refractivity contribution in [1.29, 1.82) is 0 Å². The molecule has 0 unspecified atom stereocenters. The van der Waals surface area contributed by atoms with Crippen LogP contribution in [0.5, 0.6) is 0 Å². The zero-order valence-electron chi connectivity index (χ0n) is 7.75. The highest BCUT2D eigenvalue weighted by molar-refractivity contribution is 9.09. The van der Waals surface area contributed by atoms with Gasteiger partial charge in [-0.15, -0.1) is 0 Å². The topological polar surface area (TPSA) is 18.5 Å². The van der Waals surface area contributed by atoms with Gasteiger partial charge in [0.25, 0.3) is 0 Å². The SMILES string of the molecule is CC(C)OCCOC1CC(Br)C1. The van der Waals surface area contributed by atoms with Crippen molar-refractivity contribution in [3.8, 4) is 0 Å². The van der Waals surface area contributed by atoms with E-state index in [2.05, 4.69) is 15.9 Å². The Morgan fingerprint density at radius 1 is 1.33 bits per heavy atom. The molecule has 0 bridgehead atoms.